The Morgan fingerprint density at radius 1 is 1.20 bits per heavy atom. The van der Waals surface area contributed by atoms with Crippen molar-refractivity contribution in [1.29, 1.82) is 0 Å². The van der Waals surface area contributed by atoms with Crippen LogP contribution in [0.5, 0.6) is 0 Å². The van der Waals surface area contributed by atoms with Gasteiger partial charge in [-0.2, -0.15) is 0 Å². The average Bonchev–Trinajstić information content (AvgIpc) is 3.20. The minimum absolute atomic E-state index is 0.0685. The second-order valence-corrected chi connectivity index (χ2v) is 7.71. The number of hydrogen-bond acceptors (Lipinski definition) is 7. The fraction of sp³-hybridized carbons (Fsp3) is 0.222. The molecule has 8 nitrogen and oxygen atoms in total. The van der Waals surface area contributed by atoms with Crippen LogP contribution in [0.1, 0.15) is 50.6 Å². The summed E-state index contributed by atoms with van der Waals surface area (Å²) in [5.74, 6) is -4.24. The molecule has 3 aromatic rings. The van der Waals surface area contributed by atoms with E-state index in [2.05, 4.69) is 30.6 Å². The van der Waals surface area contributed by atoms with Gasteiger partial charge >= 0.3 is 0 Å². The maximum absolute atomic E-state index is 13.6. The van der Waals surface area contributed by atoms with Crippen molar-refractivity contribution in [2.45, 2.75) is 25.8 Å². The standard InChI is InChI=1S/C18H15ClF2N6O2S/c1-9(26-15(28)12-3-4-22-8-25-12)17-24-7-13(30-17)16(29)27-14-5-10(18(2,20)21)11(19)6-23-14/h3-9H,1-2H3,(H,26,28)(H,23,27,29). The Labute approximate surface area is 178 Å². The summed E-state index contributed by atoms with van der Waals surface area (Å²) < 4.78 is 27.2. The number of alkyl halides is 2. The molecule has 30 heavy (non-hydrogen) atoms. The van der Waals surface area contributed by atoms with Crippen LogP contribution in [0.3, 0.4) is 0 Å². The number of nitrogens with zero attached hydrogens (tertiary/aromatic N) is 4. The zero-order valence-electron chi connectivity index (χ0n) is 15.7. The van der Waals surface area contributed by atoms with Crippen LogP contribution in [-0.2, 0) is 5.92 Å². The van der Waals surface area contributed by atoms with Gasteiger partial charge in [-0.25, -0.2) is 28.7 Å². The number of rotatable bonds is 6. The lowest BCUT2D eigenvalue weighted by Gasteiger charge is -2.13. The third-order valence-corrected chi connectivity index (χ3v) is 5.33. The predicted octanol–water partition coefficient (Wildman–Crippen LogP) is 3.84. The monoisotopic (exact) mass is 452 g/mol. The van der Waals surface area contributed by atoms with E-state index in [0.717, 1.165) is 23.6 Å². The van der Waals surface area contributed by atoms with Crippen LogP contribution < -0.4 is 10.6 Å². The number of anilines is 1. The largest absolute Gasteiger partial charge is 0.342 e. The Balaban J connectivity index is 1.68. The topological polar surface area (TPSA) is 110 Å². The van der Waals surface area contributed by atoms with Crippen molar-refractivity contribution in [3.63, 3.8) is 0 Å². The van der Waals surface area contributed by atoms with Crippen LogP contribution in [0, 0.1) is 0 Å². The molecule has 2 N–H and O–H groups in total. The quantitative estimate of drug-likeness (QED) is 0.588. The molecule has 3 heterocycles. The lowest BCUT2D eigenvalue weighted by molar-refractivity contribution is 0.0175. The summed E-state index contributed by atoms with van der Waals surface area (Å²) in [7, 11) is 0. The van der Waals surface area contributed by atoms with Crippen LogP contribution >= 0.6 is 22.9 Å². The van der Waals surface area contributed by atoms with Crippen LogP contribution in [0.2, 0.25) is 5.02 Å². The number of amides is 2. The van der Waals surface area contributed by atoms with Gasteiger partial charge in [0.15, 0.2) is 0 Å². The van der Waals surface area contributed by atoms with Crippen molar-refractivity contribution in [1.82, 2.24) is 25.3 Å². The molecule has 156 valence electrons. The van der Waals surface area contributed by atoms with Gasteiger partial charge in [0.2, 0.25) is 0 Å². The smallest absolute Gasteiger partial charge is 0.272 e. The molecule has 0 aliphatic heterocycles. The van der Waals surface area contributed by atoms with Crippen LogP contribution in [0.15, 0.2) is 37.1 Å². The molecule has 0 aliphatic rings. The average molecular weight is 453 g/mol. The molecule has 0 fully saturated rings. The summed E-state index contributed by atoms with van der Waals surface area (Å²) >= 11 is 6.80. The maximum atomic E-state index is 13.6. The van der Waals surface area contributed by atoms with Crippen molar-refractivity contribution in [3.05, 3.63) is 63.2 Å². The molecule has 2 amide bonds. The highest BCUT2D eigenvalue weighted by Gasteiger charge is 2.28. The molecule has 0 radical (unpaired) electrons. The normalized spacial score (nSPS) is 12.3. The molecular weight excluding hydrogens is 438 g/mol. The second kappa shape index (κ2) is 8.76. The zero-order chi connectivity index (χ0) is 21.9. The summed E-state index contributed by atoms with van der Waals surface area (Å²) in [5.41, 5.74) is -0.246. The zero-order valence-corrected chi connectivity index (χ0v) is 17.3. The lowest BCUT2D eigenvalue weighted by Crippen LogP contribution is -2.27. The van der Waals surface area contributed by atoms with E-state index in [1.807, 2.05) is 0 Å². The van der Waals surface area contributed by atoms with Crippen LogP contribution in [0.25, 0.3) is 0 Å². The van der Waals surface area contributed by atoms with E-state index < -0.39 is 29.3 Å². The third kappa shape index (κ3) is 5.10. The highest BCUT2D eigenvalue weighted by Crippen LogP contribution is 2.33. The second-order valence-electron chi connectivity index (χ2n) is 6.24. The fourth-order valence-corrected chi connectivity index (χ4v) is 3.46. The van der Waals surface area contributed by atoms with E-state index in [4.69, 9.17) is 11.6 Å². The SMILES string of the molecule is CC(NC(=O)c1ccncn1)c1ncc(C(=O)Nc2cc(C(C)(F)F)c(Cl)cn2)s1. The van der Waals surface area contributed by atoms with Crippen LogP contribution in [-0.4, -0.2) is 31.8 Å². The molecule has 0 aromatic carbocycles. The fourth-order valence-electron chi connectivity index (χ4n) is 2.37. The molecular formula is C18H15ClF2N6O2S. The molecule has 0 saturated carbocycles. The van der Waals surface area contributed by atoms with Crippen molar-refractivity contribution in [2.75, 3.05) is 5.32 Å². The van der Waals surface area contributed by atoms with Gasteiger partial charge in [-0.15, -0.1) is 11.3 Å². The number of aromatic nitrogens is 4. The number of hydrogen-bond donors (Lipinski definition) is 2. The highest BCUT2D eigenvalue weighted by atomic mass is 35.5. The van der Waals surface area contributed by atoms with Gasteiger partial charge in [0, 0.05) is 24.9 Å². The van der Waals surface area contributed by atoms with E-state index in [1.54, 1.807) is 6.92 Å². The van der Waals surface area contributed by atoms with Gasteiger partial charge in [-0.3, -0.25) is 9.59 Å². The van der Waals surface area contributed by atoms with Crippen molar-refractivity contribution in [2.24, 2.45) is 0 Å². The third-order valence-electron chi connectivity index (χ3n) is 3.85. The number of thiazole rings is 1. The van der Waals surface area contributed by atoms with E-state index >= 15 is 0 Å². The van der Waals surface area contributed by atoms with E-state index in [-0.39, 0.29) is 21.4 Å². The Kier molecular flexibility index (Phi) is 6.32. The first-order valence-electron chi connectivity index (χ1n) is 8.53. The Morgan fingerprint density at radius 2 is 1.97 bits per heavy atom. The van der Waals surface area contributed by atoms with Crippen molar-refractivity contribution in [3.8, 4) is 0 Å². The summed E-state index contributed by atoms with van der Waals surface area (Å²) in [6.45, 7) is 2.41. The van der Waals surface area contributed by atoms with Gasteiger partial charge < -0.3 is 10.6 Å². The summed E-state index contributed by atoms with van der Waals surface area (Å²) in [6.07, 6.45) is 5.08. The first-order chi connectivity index (χ1) is 14.1. The number of carbonyl (C=O) groups is 2. The molecule has 0 spiro atoms. The lowest BCUT2D eigenvalue weighted by atomic mass is 10.1. The Hall–Kier alpha value is -3.05. The molecule has 0 saturated heterocycles. The summed E-state index contributed by atoms with van der Waals surface area (Å²) in [4.78, 5) is 40.4. The Bertz CT molecular complexity index is 1070. The number of halogens is 3. The molecule has 3 aromatic heterocycles. The van der Waals surface area contributed by atoms with Crippen molar-refractivity contribution < 1.29 is 18.4 Å². The van der Waals surface area contributed by atoms with Gasteiger partial charge in [0.1, 0.15) is 27.7 Å². The highest BCUT2D eigenvalue weighted by molar-refractivity contribution is 7.13. The van der Waals surface area contributed by atoms with Gasteiger partial charge in [0.05, 0.1) is 17.3 Å². The van der Waals surface area contributed by atoms with E-state index in [0.29, 0.717) is 11.9 Å². The molecule has 0 bridgehead atoms. The number of pyridine rings is 1. The molecule has 0 aliphatic carbocycles. The maximum Gasteiger partial charge on any atom is 0.272 e. The van der Waals surface area contributed by atoms with E-state index in [9.17, 15) is 18.4 Å². The van der Waals surface area contributed by atoms with Gasteiger partial charge in [-0.1, -0.05) is 11.6 Å². The Morgan fingerprint density at radius 3 is 2.63 bits per heavy atom. The first-order valence-corrected chi connectivity index (χ1v) is 9.72. The van der Waals surface area contributed by atoms with Crippen LogP contribution in [0.4, 0.5) is 14.6 Å². The minimum Gasteiger partial charge on any atom is -0.342 e. The molecule has 3 rings (SSSR count). The minimum atomic E-state index is -3.19. The molecule has 12 heteroatoms. The molecule has 1 atom stereocenters. The first kappa shape index (κ1) is 21.7. The van der Waals surface area contributed by atoms with E-state index in [1.165, 1.54) is 24.8 Å². The van der Waals surface area contributed by atoms with Gasteiger partial charge in [0.25, 0.3) is 17.7 Å². The number of carbonyl (C=O) groups excluding carboxylic acids is 2. The van der Waals surface area contributed by atoms with Crippen molar-refractivity contribution >= 4 is 40.6 Å². The summed E-state index contributed by atoms with van der Waals surface area (Å²) in [6, 6.07) is 2.00. The molecule has 1 unspecified atom stereocenters. The summed E-state index contributed by atoms with van der Waals surface area (Å²) in [5, 5.41) is 5.44. The van der Waals surface area contributed by atoms with Gasteiger partial charge in [-0.05, 0) is 19.1 Å². The number of nitrogens with one attached hydrogen (secondary N) is 2. The predicted molar refractivity (Wildman–Crippen MR) is 107 cm³/mol.